The highest BCUT2D eigenvalue weighted by Gasteiger charge is 2.33. The Hall–Kier alpha value is -2.96. The molecule has 0 spiro atoms. The van der Waals surface area contributed by atoms with Gasteiger partial charge in [-0.3, -0.25) is 9.59 Å². The molecule has 1 aliphatic rings. The molecule has 0 saturated heterocycles. The number of ether oxygens (including phenoxy) is 2. The Kier molecular flexibility index (Phi) is 7.03. The average molecular weight is 447 g/mol. The zero-order chi connectivity index (χ0) is 21.7. The number of carbonyl (C=O) groups excluding carboxylic acids is 2. The van der Waals surface area contributed by atoms with Crippen molar-refractivity contribution >= 4 is 46.1 Å². The van der Waals surface area contributed by atoms with E-state index in [1.165, 1.54) is 0 Å². The van der Waals surface area contributed by atoms with Crippen molar-refractivity contribution in [2.24, 2.45) is 0 Å². The molecule has 2 aromatic carbocycles. The quantitative estimate of drug-likeness (QED) is 0.551. The fourth-order valence-electron chi connectivity index (χ4n) is 2.76. The molecule has 0 aromatic heterocycles. The van der Waals surface area contributed by atoms with Crippen molar-refractivity contribution in [1.29, 1.82) is 0 Å². The second kappa shape index (κ2) is 9.69. The van der Waals surface area contributed by atoms with Gasteiger partial charge in [-0.25, -0.2) is 0 Å². The largest absolute Gasteiger partial charge is 0.494 e. The van der Waals surface area contributed by atoms with Crippen molar-refractivity contribution in [1.82, 2.24) is 0 Å². The van der Waals surface area contributed by atoms with E-state index in [1.54, 1.807) is 48.5 Å². The van der Waals surface area contributed by atoms with Gasteiger partial charge in [-0.05, 0) is 62.4 Å². The van der Waals surface area contributed by atoms with E-state index in [0.29, 0.717) is 36.1 Å². The molecule has 156 valence electrons. The Labute approximate surface area is 184 Å². The summed E-state index contributed by atoms with van der Waals surface area (Å²) in [5.41, 5.74) is 0.987. The Morgan fingerprint density at radius 2 is 1.00 bits per heavy atom. The topological polar surface area (TPSA) is 76.7 Å². The van der Waals surface area contributed by atoms with Crippen LogP contribution in [0.3, 0.4) is 0 Å². The molecule has 2 N–H and O–H groups in total. The first kappa shape index (κ1) is 21.7. The minimum absolute atomic E-state index is 0.0759. The van der Waals surface area contributed by atoms with Gasteiger partial charge in [0.2, 0.25) is 11.6 Å². The number of ketones is 2. The first-order chi connectivity index (χ1) is 14.4. The van der Waals surface area contributed by atoms with Gasteiger partial charge in [0.15, 0.2) is 0 Å². The lowest BCUT2D eigenvalue weighted by Crippen LogP contribution is -2.27. The first-order valence-electron chi connectivity index (χ1n) is 9.33. The summed E-state index contributed by atoms with van der Waals surface area (Å²) in [5, 5.41) is 5.26. The molecular formula is C22H20Cl2N2O4. The second-order valence-corrected chi connectivity index (χ2v) is 6.96. The van der Waals surface area contributed by atoms with Crippen molar-refractivity contribution in [2.45, 2.75) is 13.8 Å². The fraction of sp³-hybridized carbons (Fsp3) is 0.182. The highest BCUT2D eigenvalue weighted by molar-refractivity contribution is 6.56. The summed E-state index contributed by atoms with van der Waals surface area (Å²) < 4.78 is 10.8. The monoisotopic (exact) mass is 446 g/mol. The van der Waals surface area contributed by atoms with E-state index in [9.17, 15) is 9.59 Å². The Balaban J connectivity index is 1.79. The van der Waals surface area contributed by atoms with E-state index in [2.05, 4.69) is 10.6 Å². The normalized spacial score (nSPS) is 14.1. The molecule has 8 heteroatoms. The van der Waals surface area contributed by atoms with Gasteiger partial charge in [-0.1, -0.05) is 23.2 Å². The van der Waals surface area contributed by atoms with Crippen molar-refractivity contribution in [3.8, 4) is 11.5 Å². The number of Topliss-reactive ketones (excluding diaryl/α,β-unsaturated/α-hetero) is 2. The molecule has 0 bridgehead atoms. The lowest BCUT2D eigenvalue weighted by molar-refractivity contribution is -0.115. The number of anilines is 2. The van der Waals surface area contributed by atoms with Crippen LogP contribution in [0.25, 0.3) is 0 Å². The molecule has 0 amide bonds. The van der Waals surface area contributed by atoms with Crippen LogP contribution in [0.15, 0.2) is 70.0 Å². The van der Waals surface area contributed by atoms with E-state index in [0.717, 1.165) is 0 Å². The smallest absolute Gasteiger partial charge is 0.224 e. The number of halogens is 2. The average Bonchev–Trinajstić information content (AvgIpc) is 2.76. The van der Waals surface area contributed by atoms with Crippen LogP contribution in [-0.2, 0) is 9.59 Å². The van der Waals surface area contributed by atoms with Crippen LogP contribution in [0.2, 0.25) is 0 Å². The van der Waals surface area contributed by atoms with Gasteiger partial charge < -0.3 is 20.1 Å². The van der Waals surface area contributed by atoms with Crippen molar-refractivity contribution < 1.29 is 19.1 Å². The molecule has 0 saturated carbocycles. The molecule has 6 nitrogen and oxygen atoms in total. The minimum Gasteiger partial charge on any atom is -0.494 e. The summed E-state index contributed by atoms with van der Waals surface area (Å²) in [5.74, 6) is 0.218. The Morgan fingerprint density at radius 1 is 0.667 bits per heavy atom. The first-order valence-corrected chi connectivity index (χ1v) is 10.1. The van der Waals surface area contributed by atoms with E-state index >= 15 is 0 Å². The molecule has 0 heterocycles. The fourth-order valence-corrected chi connectivity index (χ4v) is 3.22. The van der Waals surface area contributed by atoms with Gasteiger partial charge in [0.1, 0.15) is 33.0 Å². The van der Waals surface area contributed by atoms with Gasteiger partial charge in [0, 0.05) is 11.4 Å². The number of carbonyl (C=O) groups is 2. The number of nitrogens with one attached hydrogen (secondary N) is 2. The molecule has 1 aliphatic carbocycles. The molecule has 2 aromatic rings. The summed E-state index contributed by atoms with van der Waals surface area (Å²) in [6.07, 6.45) is 0. The number of benzene rings is 2. The van der Waals surface area contributed by atoms with Crippen molar-refractivity contribution in [3.63, 3.8) is 0 Å². The standard InChI is InChI=1S/C22H20Cl2N2O4/c1-3-29-15-9-5-13(6-10-15)25-19-17(23)22(28)20(18(24)21(19)27)26-14-7-11-16(12-8-14)30-4-2/h5-12,25-26H,3-4H2,1-2H3. The lowest BCUT2D eigenvalue weighted by Gasteiger charge is -2.20. The summed E-state index contributed by atoms with van der Waals surface area (Å²) in [6.45, 7) is 4.86. The molecule has 0 unspecified atom stereocenters. The third kappa shape index (κ3) is 4.78. The van der Waals surface area contributed by atoms with Crippen LogP contribution in [0.4, 0.5) is 11.4 Å². The molecule has 0 fully saturated rings. The summed E-state index contributed by atoms with van der Waals surface area (Å²) in [4.78, 5) is 25.5. The van der Waals surface area contributed by atoms with Gasteiger partial charge in [0.25, 0.3) is 0 Å². The maximum absolute atomic E-state index is 12.8. The molecule has 30 heavy (non-hydrogen) atoms. The third-order valence-electron chi connectivity index (χ3n) is 4.16. The van der Waals surface area contributed by atoms with E-state index < -0.39 is 11.6 Å². The van der Waals surface area contributed by atoms with Crippen molar-refractivity contribution in [3.05, 3.63) is 70.0 Å². The maximum Gasteiger partial charge on any atom is 0.224 e. The van der Waals surface area contributed by atoms with Crippen LogP contribution in [0, 0.1) is 0 Å². The molecule has 0 radical (unpaired) electrons. The zero-order valence-corrected chi connectivity index (χ0v) is 17.9. The Morgan fingerprint density at radius 3 is 1.30 bits per heavy atom. The highest BCUT2D eigenvalue weighted by Crippen LogP contribution is 2.31. The predicted octanol–water partition coefficient (Wildman–Crippen LogP) is 5.06. The van der Waals surface area contributed by atoms with Crippen LogP contribution in [-0.4, -0.2) is 24.8 Å². The van der Waals surface area contributed by atoms with Crippen LogP contribution < -0.4 is 20.1 Å². The number of hydrogen-bond donors (Lipinski definition) is 2. The minimum atomic E-state index is -0.580. The molecule has 0 atom stereocenters. The highest BCUT2D eigenvalue weighted by atomic mass is 35.5. The van der Waals surface area contributed by atoms with E-state index in [-0.39, 0.29) is 21.5 Å². The summed E-state index contributed by atoms with van der Waals surface area (Å²) in [7, 11) is 0. The van der Waals surface area contributed by atoms with E-state index in [1.807, 2.05) is 13.8 Å². The van der Waals surface area contributed by atoms with Crippen LogP contribution >= 0.6 is 23.2 Å². The van der Waals surface area contributed by atoms with E-state index in [4.69, 9.17) is 32.7 Å². The number of hydrogen-bond acceptors (Lipinski definition) is 6. The third-order valence-corrected chi connectivity index (χ3v) is 4.88. The second-order valence-electron chi connectivity index (χ2n) is 6.20. The predicted molar refractivity (Wildman–Crippen MR) is 118 cm³/mol. The molecule has 3 rings (SSSR count). The maximum atomic E-state index is 12.8. The van der Waals surface area contributed by atoms with Crippen molar-refractivity contribution in [2.75, 3.05) is 23.8 Å². The molecular weight excluding hydrogens is 427 g/mol. The Bertz CT molecular complexity index is 929. The van der Waals surface area contributed by atoms with Crippen LogP contribution in [0.1, 0.15) is 13.8 Å². The zero-order valence-electron chi connectivity index (χ0n) is 16.4. The van der Waals surface area contributed by atoms with Gasteiger partial charge in [-0.2, -0.15) is 0 Å². The number of rotatable bonds is 8. The van der Waals surface area contributed by atoms with Gasteiger partial charge in [0.05, 0.1) is 13.2 Å². The summed E-state index contributed by atoms with van der Waals surface area (Å²) in [6, 6.07) is 13.8. The van der Waals surface area contributed by atoms with Gasteiger partial charge >= 0.3 is 0 Å². The lowest BCUT2D eigenvalue weighted by atomic mass is 10.0. The van der Waals surface area contributed by atoms with Crippen LogP contribution in [0.5, 0.6) is 11.5 Å². The molecule has 0 aliphatic heterocycles. The SMILES string of the molecule is CCOc1ccc(NC2=C(Cl)C(=O)C(Nc3ccc(OCC)cc3)=C(Cl)C2=O)cc1. The van der Waals surface area contributed by atoms with Gasteiger partial charge in [-0.15, -0.1) is 0 Å². The summed E-state index contributed by atoms with van der Waals surface area (Å²) >= 11 is 12.4. The number of allylic oxidation sites excluding steroid dienone is 2.